The SMILES string of the molecule is O=Cc1cc(=O)c(O)co1. The van der Waals surface area contributed by atoms with Gasteiger partial charge in [0.15, 0.2) is 17.8 Å². The Kier molecular flexibility index (Phi) is 1.53. The minimum absolute atomic E-state index is 0.0946. The van der Waals surface area contributed by atoms with Gasteiger partial charge < -0.3 is 9.52 Å². The first-order valence-electron chi connectivity index (χ1n) is 2.51. The van der Waals surface area contributed by atoms with Crippen LogP contribution in [0.3, 0.4) is 0 Å². The van der Waals surface area contributed by atoms with Gasteiger partial charge in [-0.2, -0.15) is 0 Å². The van der Waals surface area contributed by atoms with Crippen LogP contribution in [0.15, 0.2) is 21.5 Å². The molecule has 0 aliphatic rings. The summed E-state index contributed by atoms with van der Waals surface area (Å²) in [5.41, 5.74) is -0.617. The molecule has 4 heteroatoms. The topological polar surface area (TPSA) is 67.5 Å². The highest BCUT2D eigenvalue weighted by atomic mass is 16.4. The third-order valence-electron chi connectivity index (χ3n) is 0.949. The van der Waals surface area contributed by atoms with E-state index in [1.54, 1.807) is 0 Å². The second-order valence-corrected chi connectivity index (χ2v) is 1.65. The van der Waals surface area contributed by atoms with Crippen LogP contribution in [0.1, 0.15) is 10.6 Å². The molecule has 0 unspecified atom stereocenters. The van der Waals surface area contributed by atoms with Gasteiger partial charge in [-0.15, -0.1) is 0 Å². The zero-order valence-corrected chi connectivity index (χ0v) is 4.90. The van der Waals surface area contributed by atoms with Crippen molar-refractivity contribution in [3.63, 3.8) is 0 Å². The van der Waals surface area contributed by atoms with Crippen molar-refractivity contribution in [1.82, 2.24) is 0 Å². The van der Waals surface area contributed by atoms with Gasteiger partial charge >= 0.3 is 0 Å². The summed E-state index contributed by atoms with van der Waals surface area (Å²) < 4.78 is 4.47. The van der Waals surface area contributed by atoms with Crippen LogP contribution < -0.4 is 5.43 Å². The van der Waals surface area contributed by atoms with Crippen molar-refractivity contribution < 1.29 is 14.3 Å². The lowest BCUT2D eigenvalue weighted by Gasteiger charge is -1.88. The molecule has 0 fully saturated rings. The molecule has 1 rings (SSSR count). The van der Waals surface area contributed by atoms with Crippen molar-refractivity contribution in [3.8, 4) is 5.75 Å². The number of aldehydes is 1. The molecular weight excluding hydrogens is 136 g/mol. The molecule has 10 heavy (non-hydrogen) atoms. The molecule has 0 aliphatic carbocycles. The number of carbonyl (C=O) groups excluding carboxylic acids is 1. The predicted octanol–water partition coefficient (Wildman–Crippen LogP) is 0.158. The third-order valence-corrected chi connectivity index (χ3v) is 0.949. The highest BCUT2D eigenvalue weighted by molar-refractivity contribution is 5.70. The fourth-order valence-corrected chi connectivity index (χ4v) is 0.481. The largest absolute Gasteiger partial charge is 0.502 e. The zero-order valence-electron chi connectivity index (χ0n) is 4.90. The standard InChI is InChI=1S/C6H4O4/c7-2-4-1-5(8)6(9)3-10-4/h1-3,9H. The number of hydrogen-bond donors (Lipinski definition) is 1. The van der Waals surface area contributed by atoms with Crippen LogP contribution in [0.2, 0.25) is 0 Å². The number of carbonyl (C=O) groups is 1. The number of rotatable bonds is 1. The molecule has 0 spiro atoms. The van der Waals surface area contributed by atoms with Crippen molar-refractivity contribution in [3.05, 3.63) is 28.3 Å². The van der Waals surface area contributed by atoms with Gasteiger partial charge in [0.25, 0.3) is 0 Å². The maximum Gasteiger partial charge on any atom is 0.227 e. The second kappa shape index (κ2) is 2.34. The van der Waals surface area contributed by atoms with Crippen LogP contribution in [0.4, 0.5) is 0 Å². The van der Waals surface area contributed by atoms with Crippen molar-refractivity contribution in [2.45, 2.75) is 0 Å². The summed E-state index contributed by atoms with van der Waals surface area (Å²) in [6.07, 6.45) is 1.22. The molecule has 0 radical (unpaired) electrons. The van der Waals surface area contributed by atoms with Crippen LogP contribution in [-0.4, -0.2) is 11.4 Å². The lowest BCUT2D eigenvalue weighted by atomic mass is 10.4. The van der Waals surface area contributed by atoms with Gasteiger partial charge in [0.05, 0.1) is 0 Å². The molecule has 0 saturated heterocycles. The average molecular weight is 140 g/mol. The van der Waals surface area contributed by atoms with Gasteiger partial charge in [0.1, 0.15) is 6.26 Å². The van der Waals surface area contributed by atoms with Crippen LogP contribution in [0, 0.1) is 0 Å². The summed E-state index contributed by atoms with van der Waals surface area (Å²) in [6, 6.07) is 0.919. The molecule has 4 nitrogen and oxygen atoms in total. The molecule has 0 amide bonds. The number of hydrogen-bond acceptors (Lipinski definition) is 4. The molecule has 0 aromatic carbocycles. The smallest absolute Gasteiger partial charge is 0.227 e. The van der Waals surface area contributed by atoms with Crippen LogP contribution in [0.5, 0.6) is 5.75 Å². The van der Waals surface area contributed by atoms with Gasteiger partial charge in [-0.1, -0.05) is 0 Å². The molecule has 0 atom stereocenters. The van der Waals surface area contributed by atoms with E-state index in [4.69, 9.17) is 5.11 Å². The summed E-state index contributed by atoms with van der Waals surface area (Å²) in [4.78, 5) is 20.5. The third kappa shape index (κ3) is 1.05. The Morgan fingerprint density at radius 2 is 2.30 bits per heavy atom. The van der Waals surface area contributed by atoms with E-state index < -0.39 is 11.2 Å². The molecule has 0 aliphatic heterocycles. The molecule has 0 bridgehead atoms. The van der Waals surface area contributed by atoms with E-state index in [2.05, 4.69) is 4.42 Å². The van der Waals surface area contributed by atoms with Crippen molar-refractivity contribution in [2.75, 3.05) is 0 Å². The fraction of sp³-hybridized carbons (Fsp3) is 0. The van der Waals surface area contributed by atoms with Gasteiger partial charge in [0, 0.05) is 6.07 Å². The van der Waals surface area contributed by atoms with Gasteiger partial charge in [0.2, 0.25) is 5.43 Å². The van der Waals surface area contributed by atoms with Crippen molar-refractivity contribution >= 4 is 6.29 Å². The van der Waals surface area contributed by atoms with Gasteiger partial charge in [-0.25, -0.2) is 0 Å². The van der Waals surface area contributed by atoms with E-state index in [9.17, 15) is 9.59 Å². The first kappa shape index (κ1) is 6.54. The minimum atomic E-state index is -0.617. The Labute approximate surface area is 55.7 Å². The van der Waals surface area contributed by atoms with E-state index in [0.29, 0.717) is 6.29 Å². The maximum atomic E-state index is 10.5. The van der Waals surface area contributed by atoms with E-state index in [1.807, 2.05) is 0 Å². The van der Waals surface area contributed by atoms with E-state index in [0.717, 1.165) is 12.3 Å². The Balaban J connectivity index is 3.30. The fourth-order valence-electron chi connectivity index (χ4n) is 0.481. The van der Waals surface area contributed by atoms with E-state index in [1.165, 1.54) is 0 Å². The Morgan fingerprint density at radius 1 is 1.60 bits per heavy atom. The predicted molar refractivity (Wildman–Crippen MR) is 32.0 cm³/mol. The monoisotopic (exact) mass is 140 g/mol. The number of aromatic hydroxyl groups is 1. The summed E-state index contributed by atoms with van der Waals surface area (Å²) in [5.74, 6) is -0.589. The summed E-state index contributed by atoms with van der Waals surface area (Å²) >= 11 is 0. The highest BCUT2D eigenvalue weighted by Crippen LogP contribution is 1.99. The minimum Gasteiger partial charge on any atom is -0.502 e. The Hall–Kier alpha value is -1.58. The van der Waals surface area contributed by atoms with Crippen LogP contribution in [0.25, 0.3) is 0 Å². The zero-order chi connectivity index (χ0) is 7.56. The molecule has 0 saturated carbocycles. The van der Waals surface area contributed by atoms with E-state index >= 15 is 0 Å². The lowest BCUT2D eigenvalue weighted by molar-refractivity contribution is 0.109. The summed E-state index contributed by atoms with van der Waals surface area (Å²) in [7, 11) is 0. The Bertz CT molecular complexity index is 299. The molecule has 1 heterocycles. The second-order valence-electron chi connectivity index (χ2n) is 1.65. The first-order chi connectivity index (χ1) is 4.74. The molecule has 1 aromatic rings. The van der Waals surface area contributed by atoms with Crippen molar-refractivity contribution in [1.29, 1.82) is 0 Å². The van der Waals surface area contributed by atoms with Crippen LogP contribution in [-0.2, 0) is 0 Å². The summed E-state index contributed by atoms with van der Waals surface area (Å²) in [6.45, 7) is 0. The van der Waals surface area contributed by atoms with Gasteiger partial charge in [-0.05, 0) is 0 Å². The summed E-state index contributed by atoms with van der Waals surface area (Å²) in [5, 5.41) is 8.62. The maximum absolute atomic E-state index is 10.5. The van der Waals surface area contributed by atoms with Crippen LogP contribution >= 0.6 is 0 Å². The molecule has 1 N–H and O–H groups in total. The first-order valence-corrected chi connectivity index (χ1v) is 2.51. The quantitative estimate of drug-likeness (QED) is 0.564. The Morgan fingerprint density at radius 3 is 2.80 bits per heavy atom. The average Bonchev–Trinajstić information content (AvgIpc) is 1.95. The molecule has 1 aromatic heterocycles. The van der Waals surface area contributed by atoms with E-state index in [-0.39, 0.29) is 5.76 Å². The highest BCUT2D eigenvalue weighted by Gasteiger charge is 1.98. The molecular formula is C6H4O4. The lowest BCUT2D eigenvalue weighted by Crippen LogP contribution is -1.98. The normalized spacial score (nSPS) is 9.20. The van der Waals surface area contributed by atoms with Crippen molar-refractivity contribution in [2.24, 2.45) is 0 Å². The molecule has 52 valence electrons. The van der Waals surface area contributed by atoms with Gasteiger partial charge in [-0.3, -0.25) is 9.59 Å².